The predicted molar refractivity (Wildman–Crippen MR) is 92.6 cm³/mol. The molecule has 0 amide bonds. The molecule has 0 saturated carbocycles. The van der Waals surface area contributed by atoms with Crippen molar-refractivity contribution in [2.45, 2.75) is 13.8 Å². The van der Waals surface area contributed by atoms with Gasteiger partial charge in [0.2, 0.25) is 0 Å². The van der Waals surface area contributed by atoms with E-state index in [-0.39, 0.29) is 11.6 Å². The molecular weight excluding hydrogens is 292 g/mol. The molecule has 2 nitrogen and oxygen atoms in total. The highest BCUT2D eigenvalue weighted by atomic mass is 32.2. The summed E-state index contributed by atoms with van der Waals surface area (Å²) in [4.78, 5) is 25.2. The number of hydrogen-bond acceptors (Lipinski definition) is 3. The van der Waals surface area contributed by atoms with E-state index in [0.717, 1.165) is 11.1 Å². The van der Waals surface area contributed by atoms with Gasteiger partial charge in [0.15, 0.2) is 11.6 Å². The molecule has 0 spiro atoms. The Morgan fingerprint density at radius 2 is 1.27 bits per heavy atom. The number of rotatable bonds is 5. The third-order valence-electron chi connectivity index (χ3n) is 3.36. The molecule has 0 radical (unpaired) electrons. The number of carbonyl (C=O) groups excluding carboxylic acids is 2. The molecule has 2 aromatic carbocycles. The fourth-order valence-electron chi connectivity index (χ4n) is 1.98. The fraction of sp³-hybridized carbons (Fsp3) is 0.158. The second-order valence-electron chi connectivity index (χ2n) is 5.14. The van der Waals surface area contributed by atoms with E-state index < -0.39 is 0 Å². The van der Waals surface area contributed by atoms with Crippen LogP contribution in [0, 0.1) is 13.8 Å². The van der Waals surface area contributed by atoms with Crippen LogP contribution >= 0.6 is 11.8 Å². The van der Waals surface area contributed by atoms with Crippen LogP contribution in [-0.4, -0.2) is 17.8 Å². The Labute approximate surface area is 135 Å². The molecule has 0 aromatic heterocycles. The van der Waals surface area contributed by atoms with Crippen LogP contribution in [0.25, 0.3) is 0 Å². The molecule has 0 aliphatic rings. The SMILES string of the molecule is CS/C(=C\C(=O)c1ccc(C)cc1)C(=O)c1ccc(C)cc1. The largest absolute Gasteiger partial charge is 0.289 e. The maximum atomic E-state index is 12.5. The highest BCUT2D eigenvalue weighted by Gasteiger charge is 2.13. The molecule has 0 N–H and O–H groups in total. The first-order valence-electron chi connectivity index (χ1n) is 6.99. The molecular formula is C19H18O2S. The van der Waals surface area contributed by atoms with Crippen LogP contribution in [0.4, 0.5) is 0 Å². The van der Waals surface area contributed by atoms with Crippen LogP contribution in [0.3, 0.4) is 0 Å². The molecule has 0 aliphatic heterocycles. The summed E-state index contributed by atoms with van der Waals surface area (Å²) >= 11 is 1.29. The summed E-state index contributed by atoms with van der Waals surface area (Å²) in [5, 5.41) is 0. The predicted octanol–water partition coefficient (Wildman–Crippen LogP) is 4.62. The second kappa shape index (κ2) is 7.23. The molecule has 0 bridgehead atoms. The van der Waals surface area contributed by atoms with Gasteiger partial charge in [-0.15, -0.1) is 11.8 Å². The number of allylic oxidation sites excluding steroid dienone is 2. The van der Waals surface area contributed by atoms with E-state index in [1.54, 1.807) is 30.5 Å². The maximum Gasteiger partial charge on any atom is 0.199 e. The van der Waals surface area contributed by atoms with Gasteiger partial charge in [0.25, 0.3) is 0 Å². The summed E-state index contributed by atoms with van der Waals surface area (Å²) < 4.78 is 0. The second-order valence-corrected chi connectivity index (χ2v) is 5.99. The lowest BCUT2D eigenvalue weighted by molar-refractivity contribution is 0.101. The molecule has 0 unspecified atom stereocenters. The van der Waals surface area contributed by atoms with Crippen molar-refractivity contribution < 1.29 is 9.59 Å². The Hall–Kier alpha value is -2.13. The minimum atomic E-state index is -0.148. The highest BCUT2D eigenvalue weighted by molar-refractivity contribution is 8.03. The van der Waals surface area contributed by atoms with E-state index in [2.05, 4.69) is 0 Å². The average molecular weight is 310 g/mol. The Morgan fingerprint density at radius 3 is 1.73 bits per heavy atom. The molecule has 112 valence electrons. The number of carbonyl (C=O) groups is 2. The van der Waals surface area contributed by atoms with Gasteiger partial charge in [-0.3, -0.25) is 9.59 Å². The van der Waals surface area contributed by atoms with E-state index in [0.29, 0.717) is 16.0 Å². The van der Waals surface area contributed by atoms with Crippen molar-refractivity contribution in [3.05, 3.63) is 81.8 Å². The van der Waals surface area contributed by atoms with Crippen LogP contribution in [0.1, 0.15) is 31.8 Å². The molecule has 22 heavy (non-hydrogen) atoms. The van der Waals surface area contributed by atoms with Gasteiger partial charge in [-0.25, -0.2) is 0 Å². The Kier molecular flexibility index (Phi) is 5.34. The highest BCUT2D eigenvalue weighted by Crippen LogP contribution is 2.20. The van der Waals surface area contributed by atoms with E-state index >= 15 is 0 Å². The minimum Gasteiger partial charge on any atom is -0.289 e. The van der Waals surface area contributed by atoms with Crippen LogP contribution in [0.5, 0.6) is 0 Å². The third-order valence-corrected chi connectivity index (χ3v) is 4.10. The normalized spacial score (nSPS) is 11.3. The summed E-state index contributed by atoms with van der Waals surface area (Å²) in [6.45, 7) is 3.94. The number of aryl methyl sites for hydroxylation is 2. The summed E-state index contributed by atoms with van der Waals surface area (Å²) in [5.74, 6) is -0.266. The average Bonchev–Trinajstić information content (AvgIpc) is 2.53. The van der Waals surface area contributed by atoms with Crippen molar-refractivity contribution in [2.24, 2.45) is 0 Å². The number of thioether (sulfide) groups is 1. The minimum absolute atomic E-state index is 0.118. The van der Waals surface area contributed by atoms with Crippen molar-refractivity contribution in [3.8, 4) is 0 Å². The Balaban J connectivity index is 2.26. The van der Waals surface area contributed by atoms with Crippen molar-refractivity contribution in [1.82, 2.24) is 0 Å². The fourth-order valence-corrected chi connectivity index (χ4v) is 2.51. The van der Waals surface area contributed by atoms with Gasteiger partial charge in [0, 0.05) is 17.2 Å². The lowest BCUT2D eigenvalue weighted by Crippen LogP contribution is -2.04. The molecule has 3 heteroatoms. The molecule has 0 fully saturated rings. The zero-order valence-electron chi connectivity index (χ0n) is 12.9. The molecule has 0 aliphatic carbocycles. The zero-order valence-corrected chi connectivity index (χ0v) is 13.7. The van der Waals surface area contributed by atoms with Crippen molar-refractivity contribution in [3.63, 3.8) is 0 Å². The van der Waals surface area contributed by atoms with Gasteiger partial charge in [-0.05, 0) is 20.1 Å². The molecule has 0 heterocycles. The number of hydrogen-bond donors (Lipinski definition) is 0. The van der Waals surface area contributed by atoms with Crippen LogP contribution in [-0.2, 0) is 0 Å². The molecule has 0 atom stereocenters. The zero-order chi connectivity index (χ0) is 16.1. The lowest BCUT2D eigenvalue weighted by Gasteiger charge is -2.04. The van der Waals surface area contributed by atoms with Crippen molar-refractivity contribution in [2.75, 3.05) is 6.26 Å². The Bertz CT molecular complexity index is 710. The Morgan fingerprint density at radius 1 is 0.818 bits per heavy atom. The summed E-state index contributed by atoms with van der Waals surface area (Å²) in [6, 6.07) is 14.7. The van der Waals surface area contributed by atoms with E-state index in [9.17, 15) is 9.59 Å². The van der Waals surface area contributed by atoms with Crippen LogP contribution < -0.4 is 0 Å². The first-order valence-corrected chi connectivity index (χ1v) is 8.22. The number of Topliss-reactive ketones (excluding diaryl/α,β-unsaturated/α-hetero) is 1. The van der Waals surface area contributed by atoms with E-state index in [4.69, 9.17) is 0 Å². The summed E-state index contributed by atoms with van der Waals surface area (Å²) in [7, 11) is 0. The van der Waals surface area contributed by atoms with Crippen LogP contribution in [0.15, 0.2) is 59.5 Å². The molecule has 2 rings (SSSR count). The smallest absolute Gasteiger partial charge is 0.199 e. The van der Waals surface area contributed by atoms with Gasteiger partial charge in [-0.2, -0.15) is 0 Å². The van der Waals surface area contributed by atoms with Gasteiger partial charge in [-0.1, -0.05) is 59.7 Å². The van der Waals surface area contributed by atoms with Crippen molar-refractivity contribution >= 4 is 23.3 Å². The summed E-state index contributed by atoms with van der Waals surface area (Å²) in [5.41, 5.74) is 3.39. The van der Waals surface area contributed by atoms with Gasteiger partial charge in [0.1, 0.15) is 0 Å². The topological polar surface area (TPSA) is 34.1 Å². The van der Waals surface area contributed by atoms with Gasteiger partial charge >= 0.3 is 0 Å². The first kappa shape index (κ1) is 16.2. The van der Waals surface area contributed by atoms with Crippen molar-refractivity contribution in [1.29, 1.82) is 0 Å². The molecule has 0 saturated heterocycles. The monoisotopic (exact) mass is 310 g/mol. The van der Waals surface area contributed by atoms with Crippen LogP contribution in [0.2, 0.25) is 0 Å². The third kappa shape index (κ3) is 3.95. The standard InChI is InChI=1S/C19H18O2S/c1-13-4-8-15(9-5-13)17(20)12-18(22-3)19(21)16-10-6-14(2)7-11-16/h4-12H,1-3H3/b18-12-. The van der Waals surface area contributed by atoms with Gasteiger partial charge in [0.05, 0.1) is 4.91 Å². The molecule has 2 aromatic rings. The van der Waals surface area contributed by atoms with E-state index in [1.165, 1.54) is 17.8 Å². The van der Waals surface area contributed by atoms with Gasteiger partial charge < -0.3 is 0 Å². The lowest BCUT2D eigenvalue weighted by atomic mass is 10.1. The number of ketones is 2. The quantitative estimate of drug-likeness (QED) is 0.597. The maximum absolute atomic E-state index is 12.5. The summed E-state index contributed by atoms with van der Waals surface area (Å²) in [6.07, 6.45) is 3.23. The number of benzene rings is 2. The first-order chi connectivity index (χ1) is 10.5. The van der Waals surface area contributed by atoms with E-state index in [1.807, 2.05) is 38.1 Å².